The van der Waals surface area contributed by atoms with Crippen LogP contribution in [-0.4, -0.2) is 30.8 Å². The van der Waals surface area contributed by atoms with E-state index < -0.39 is 0 Å². The van der Waals surface area contributed by atoms with Gasteiger partial charge in [-0.05, 0) is 49.4 Å². The monoisotopic (exact) mass is 276 g/mol. The number of aliphatic hydroxyl groups excluding tert-OH is 1. The van der Waals surface area contributed by atoms with Gasteiger partial charge in [-0.15, -0.1) is 0 Å². The van der Waals surface area contributed by atoms with Crippen molar-refractivity contribution >= 4 is 5.69 Å². The van der Waals surface area contributed by atoms with Crippen LogP contribution in [-0.2, 0) is 6.54 Å². The Balaban J connectivity index is 1.91. The minimum absolute atomic E-state index is 0.230. The lowest BCUT2D eigenvalue weighted by Gasteiger charge is -2.39. The predicted octanol–water partition coefficient (Wildman–Crippen LogP) is 2.78. The standard InChI is InChI=1S/C17H28N2O/c1-14(2)12-18-13-15-6-8-17(9-7-15)19(10-11-20)16-4-3-5-16/h6-9,14,16,18,20H,3-5,10-13H2,1-2H3. The van der Waals surface area contributed by atoms with E-state index >= 15 is 0 Å². The Bertz CT molecular complexity index is 384. The van der Waals surface area contributed by atoms with Crippen LogP contribution in [0.25, 0.3) is 0 Å². The summed E-state index contributed by atoms with van der Waals surface area (Å²) < 4.78 is 0. The van der Waals surface area contributed by atoms with Crippen molar-refractivity contribution in [2.75, 3.05) is 24.6 Å². The van der Waals surface area contributed by atoms with E-state index in [1.807, 2.05) is 0 Å². The van der Waals surface area contributed by atoms with Crippen molar-refractivity contribution in [2.24, 2.45) is 5.92 Å². The minimum atomic E-state index is 0.230. The molecule has 0 saturated heterocycles. The Morgan fingerprint density at radius 2 is 1.95 bits per heavy atom. The molecule has 1 fully saturated rings. The quantitative estimate of drug-likeness (QED) is 0.766. The fourth-order valence-electron chi connectivity index (χ4n) is 2.64. The zero-order valence-corrected chi connectivity index (χ0v) is 12.8. The Kier molecular flexibility index (Phi) is 5.86. The molecule has 112 valence electrons. The van der Waals surface area contributed by atoms with E-state index in [1.165, 1.54) is 30.5 Å². The van der Waals surface area contributed by atoms with Gasteiger partial charge in [0.15, 0.2) is 0 Å². The molecule has 0 unspecified atom stereocenters. The molecule has 0 radical (unpaired) electrons. The average Bonchev–Trinajstić information content (AvgIpc) is 2.37. The number of rotatable bonds is 8. The molecule has 1 aliphatic carbocycles. The van der Waals surface area contributed by atoms with Gasteiger partial charge in [0.1, 0.15) is 0 Å². The van der Waals surface area contributed by atoms with Gasteiger partial charge in [-0.2, -0.15) is 0 Å². The van der Waals surface area contributed by atoms with Gasteiger partial charge in [-0.1, -0.05) is 26.0 Å². The van der Waals surface area contributed by atoms with Crippen molar-refractivity contribution in [3.63, 3.8) is 0 Å². The van der Waals surface area contributed by atoms with Crippen LogP contribution in [0.1, 0.15) is 38.7 Å². The SMILES string of the molecule is CC(C)CNCc1ccc(N(CCO)C2CCC2)cc1. The molecule has 1 aromatic carbocycles. The number of aliphatic hydroxyl groups is 1. The molecule has 2 N–H and O–H groups in total. The highest BCUT2D eigenvalue weighted by molar-refractivity contribution is 5.49. The van der Waals surface area contributed by atoms with E-state index in [0.717, 1.165) is 19.6 Å². The first-order valence-electron chi connectivity index (χ1n) is 7.88. The fourth-order valence-corrected chi connectivity index (χ4v) is 2.64. The fraction of sp³-hybridized carbons (Fsp3) is 0.647. The lowest BCUT2D eigenvalue weighted by molar-refractivity contribution is 0.283. The highest BCUT2D eigenvalue weighted by Crippen LogP contribution is 2.29. The maximum absolute atomic E-state index is 9.24. The minimum Gasteiger partial charge on any atom is -0.395 e. The summed E-state index contributed by atoms with van der Waals surface area (Å²) in [7, 11) is 0. The Labute approximate surface area is 123 Å². The van der Waals surface area contributed by atoms with Gasteiger partial charge in [-0.25, -0.2) is 0 Å². The number of benzene rings is 1. The van der Waals surface area contributed by atoms with Crippen molar-refractivity contribution < 1.29 is 5.11 Å². The van der Waals surface area contributed by atoms with E-state index in [-0.39, 0.29) is 6.61 Å². The first kappa shape index (κ1) is 15.3. The molecule has 2 rings (SSSR count). The zero-order chi connectivity index (χ0) is 14.4. The molecule has 0 aromatic heterocycles. The van der Waals surface area contributed by atoms with Gasteiger partial charge in [0.25, 0.3) is 0 Å². The van der Waals surface area contributed by atoms with E-state index in [0.29, 0.717) is 12.0 Å². The summed E-state index contributed by atoms with van der Waals surface area (Å²) in [4.78, 5) is 2.36. The maximum Gasteiger partial charge on any atom is 0.0606 e. The Morgan fingerprint density at radius 3 is 2.45 bits per heavy atom. The third-order valence-electron chi connectivity index (χ3n) is 4.01. The number of anilines is 1. The molecule has 0 amide bonds. The van der Waals surface area contributed by atoms with Gasteiger partial charge in [-0.3, -0.25) is 0 Å². The normalized spacial score (nSPS) is 15.4. The lowest BCUT2D eigenvalue weighted by atomic mass is 9.91. The van der Waals surface area contributed by atoms with Crippen LogP contribution < -0.4 is 10.2 Å². The molecule has 0 spiro atoms. The third kappa shape index (κ3) is 4.22. The molecule has 1 saturated carbocycles. The number of nitrogens with one attached hydrogen (secondary N) is 1. The molecule has 1 aliphatic rings. The largest absolute Gasteiger partial charge is 0.395 e. The van der Waals surface area contributed by atoms with E-state index in [4.69, 9.17) is 0 Å². The highest BCUT2D eigenvalue weighted by atomic mass is 16.3. The van der Waals surface area contributed by atoms with Gasteiger partial charge in [0.05, 0.1) is 6.61 Å². The van der Waals surface area contributed by atoms with Crippen LogP contribution >= 0.6 is 0 Å². The topological polar surface area (TPSA) is 35.5 Å². The first-order chi connectivity index (χ1) is 9.70. The van der Waals surface area contributed by atoms with Crippen LogP contribution in [0.3, 0.4) is 0 Å². The van der Waals surface area contributed by atoms with Crippen molar-refractivity contribution in [3.05, 3.63) is 29.8 Å². The molecular formula is C17H28N2O. The second kappa shape index (κ2) is 7.65. The van der Waals surface area contributed by atoms with Gasteiger partial charge >= 0.3 is 0 Å². The number of nitrogens with zero attached hydrogens (tertiary/aromatic N) is 1. The van der Waals surface area contributed by atoms with Crippen molar-refractivity contribution in [1.82, 2.24) is 5.32 Å². The second-order valence-corrected chi connectivity index (χ2v) is 6.19. The first-order valence-corrected chi connectivity index (χ1v) is 7.88. The van der Waals surface area contributed by atoms with E-state index in [2.05, 4.69) is 48.3 Å². The third-order valence-corrected chi connectivity index (χ3v) is 4.01. The van der Waals surface area contributed by atoms with Crippen LogP contribution in [0.4, 0.5) is 5.69 Å². The van der Waals surface area contributed by atoms with Gasteiger partial charge in [0, 0.05) is 24.8 Å². The van der Waals surface area contributed by atoms with Crippen molar-refractivity contribution in [1.29, 1.82) is 0 Å². The molecular weight excluding hydrogens is 248 g/mol. The molecule has 0 atom stereocenters. The summed E-state index contributed by atoms with van der Waals surface area (Å²) in [6.45, 7) is 7.41. The summed E-state index contributed by atoms with van der Waals surface area (Å²) >= 11 is 0. The van der Waals surface area contributed by atoms with Gasteiger partial charge in [0.2, 0.25) is 0 Å². The maximum atomic E-state index is 9.24. The summed E-state index contributed by atoms with van der Waals surface area (Å²) in [5.74, 6) is 0.688. The number of hydrogen-bond donors (Lipinski definition) is 2. The predicted molar refractivity (Wildman–Crippen MR) is 85.1 cm³/mol. The molecule has 0 heterocycles. The Hall–Kier alpha value is -1.06. The van der Waals surface area contributed by atoms with Crippen molar-refractivity contribution in [3.8, 4) is 0 Å². The molecule has 20 heavy (non-hydrogen) atoms. The van der Waals surface area contributed by atoms with Crippen LogP contribution in [0.2, 0.25) is 0 Å². The zero-order valence-electron chi connectivity index (χ0n) is 12.8. The molecule has 3 heteroatoms. The molecule has 3 nitrogen and oxygen atoms in total. The molecule has 0 bridgehead atoms. The van der Waals surface area contributed by atoms with Crippen LogP contribution in [0.5, 0.6) is 0 Å². The summed E-state index contributed by atoms with van der Waals surface area (Å²) in [5, 5.41) is 12.7. The summed E-state index contributed by atoms with van der Waals surface area (Å²) in [5.41, 5.74) is 2.57. The second-order valence-electron chi connectivity index (χ2n) is 6.19. The summed E-state index contributed by atoms with van der Waals surface area (Å²) in [6, 6.07) is 9.42. The highest BCUT2D eigenvalue weighted by Gasteiger charge is 2.24. The van der Waals surface area contributed by atoms with Crippen LogP contribution in [0, 0.1) is 5.92 Å². The number of hydrogen-bond acceptors (Lipinski definition) is 3. The Morgan fingerprint density at radius 1 is 1.25 bits per heavy atom. The van der Waals surface area contributed by atoms with E-state index in [1.54, 1.807) is 0 Å². The molecule has 1 aromatic rings. The lowest BCUT2D eigenvalue weighted by Crippen LogP contribution is -2.41. The van der Waals surface area contributed by atoms with Gasteiger partial charge < -0.3 is 15.3 Å². The summed E-state index contributed by atoms with van der Waals surface area (Å²) in [6.07, 6.45) is 3.85. The average molecular weight is 276 g/mol. The van der Waals surface area contributed by atoms with Crippen molar-refractivity contribution in [2.45, 2.75) is 45.7 Å². The smallest absolute Gasteiger partial charge is 0.0606 e. The van der Waals surface area contributed by atoms with E-state index in [9.17, 15) is 5.11 Å². The van der Waals surface area contributed by atoms with Crippen LogP contribution in [0.15, 0.2) is 24.3 Å². The molecule has 0 aliphatic heterocycles.